The zero-order valence-electron chi connectivity index (χ0n) is 13.8. The Bertz CT molecular complexity index is 576. The Morgan fingerprint density at radius 1 is 1.57 bits per heavy atom. The first-order valence-corrected chi connectivity index (χ1v) is 8.80. The number of hydrogen-bond donors (Lipinski definition) is 0. The molecule has 0 heterocycles. The van der Waals surface area contributed by atoms with Crippen molar-refractivity contribution >= 4 is 29.0 Å². The van der Waals surface area contributed by atoms with Gasteiger partial charge in [0.1, 0.15) is 5.78 Å². The summed E-state index contributed by atoms with van der Waals surface area (Å²) in [6.07, 6.45) is 7.20. The minimum Gasteiger partial charge on any atom is -0.492 e. The second-order valence-corrected chi connectivity index (χ2v) is 7.48. The smallest absolute Gasteiger partial charge is 0.168 e. The van der Waals surface area contributed by atoms with Crippen LogP contribution in [0.2, 0.25) is 0 Å². The van der Waals surface area contributed by atoms with Crippen LogP contribution in [-0.4, -0.2) is 12.9 Å². The van der Waals surface area contributed by atoms with E-state index in [0.29, 0.717) is 22.9 Å². The topological polar surface area (TPSA) is 26.3 Å². The van der Waals surface area contributed by atoms with Crippen molar-refractivity contribution in [3.05, 3.63) is 33.8 Å². The quantitative estimate of drug-likeness (QED) is 0.592. The molecule has 3 atom stereocenters. The van der Waals surface area contributed by atoms with Crippen LogP contribution >= 0.6 is 23.2 Å². The van der Waals surface area contributed by atoms with Crippen LogP contribution in [0.1, 0.15) is 46.0 Å². The Morgan fingerprint density at radius 2 is 2.26 bits per heavy atom. The molecule has 2 rings (SSSR count). The first-order valence-electron chi connectivity index (χ1n) is 8.04. The van der Waals surface area contributed by atoms with E-state index in [-0.39, 0.29) is 17.5 Å². The number of allylic oxidation sites excluding steroid dienone is 5. The number of fused-ring (bicyclic) bond motifs is 1. The average Bonchev–Trinajstić information content (AvgIpc) is 2.78. The molecule has 128 valence electrons. The third kappa shape index (κ3) is 3.51. The highest BCUT2D eigenvalue weighted by molar-refractivity contribution is 6.31. The Balaban J connectivity index is 2.39. The normalized spacial score (nSPS) is 31.3. The lowest BCUT2D eigenvalue weighted by Crippen LogP contribution is -2.28. The molecule has 2 aliphatic carbocycles. The van der Waals surface area contributed by atoms with Gasteiger partial charge < -0.3 is 4.74 Å². The fourth-order valence-corrected chi connectivity index (χ4v) is 4.15. The number of ether oxygens (including phenoxy) is 1. The number of unbranched alkanes of at least 4 members (excludes halogenated alkanes) is 1. The predicted molar refractivity (Wildman–Crippen MR) is 91.9 cm³/mol. The van der Waals surface area contributed by atoms with Gasteiger partial charge in [0.05, 0.1) is 12.1 Å². The molecule has 1 saturated carbocycles. The molecular weight excluding hydrogens is 338 g/mol. The van der Waals surface area contributed by atoms with E-state index in [4.69, 9.17) is 27.9 Å². The van der Waals surface area contributed by atoms with Gasteiger partial charge in [-0.2, -0.15) is 0 Å². The number of Topliss-reactive ketones (excluding diaryl/α,β-unsaturated/α-hetero) is 1. The molecule has 0 N–H and O–H groups in total. The molecule has 0 spiro atoms. The Morgan fingerprint density at radius 3 is 2.83 bits per heavy atom. The van der Waals surface area contributed by atoms with Crippen LogP contribution in [0.4, 0.5) is 4.39 Å². The van der Waals surface area contributed by atoms with Crippen molar-refractivity contribution in [2.75, 3.05) is 7.11 Å². The molecule has 0 aliphatic heterocycles. The SMILES string of the molecule is CCCCC1(C/C=C(/C)Cl)CC2C(Cl)=C(OC)C(F)=CC2C1=O. The fourth-order valence-electron chi connectivity index (χ4n) is 3.70. The van der Waals surface area contributed by atoms with Gasteiger partial charge in [0.15, 0.2) is 11.6 Å². The minimum atomic E-state index is -0.539. The highest BCUT2D eigenvalue weighted by Gasteiger charge is 2.54. The lowest BCUT2D eigenvalue weighted by molar-refractivity contribution is -0.128. The van der Waals surface area contributed by atoms with Crippen molar-refractivity contribution in [3.63, 3.8) is 0 Å². The maximum atomic E-state index is 14.1. The van der Waals surface area contributed by atoms with Crippen LogP contribution in [-0.2, 0) is 9.53 Å². The highest BCUT2D eigenvalue weighted by Crippen LogP contribution is 2.55. The molecule has 23 heavy (non-hydrogen) atoms. The van der Waals surface area contributed by atoms with Crippen LogP contribution in [0, 0.1) is 17.3 Å². The molecule has 0 saturated heterocycles. The maximum absolute atomic E-state index is 14.1. The van der Waals surface area contributed by atoms with Crippen molar-refractivity contribution in [2.24, 2.45) is 17.3 Å². The number of hydrogen-bond acceptors (Lipinski definition) is 2. The van der Waals surface area contributed by atoms with E-state index in [1.54, 1.807) is 6.92 Å². The molecule has 0 aromatic carbocycles. The zero-order valence-corrected chi connectivity index (χ0v) is 15.3. The third-order valence-electron chi connectivity index (χ3n) is 4.94. The summed E-state index contributed by atoms with van der Waals surface area (Å²) in [6.45, 7) is 3.90. The van der Waals surface area contributed by atoms with Crippen molar-refractivity contribution in [3.8, 4) is 0 Å². The maximum Gasteiger partial charge on any atom is 0.168 e. The summed E-state index contributed by atoms with van der Waals surface area (Å²) in [7, 11) is 1.40. The fraction of sp³-hybridized carbons (Fsp3) is 0.611. The summed E-state index contributed by atoms with van der Waals surface area (Å²) in [5.41, 5.74) is -0.512. The van der Waals surface area contributed by atoms with Crippen LogP contribution in [0.15, 0.2) is 33.8 Å². The molecule has 0 radical (unpaired) electrons. The van der Waals surface area contributed by atoms with Crippen LogP contribution < -0.4 is 0 Å². The minimum absolute atomic E-state index is 0.0658. The molecule has 0 aromatic rings. The van der Waals surface area contributed by atoms with Crippen molar-refractivity contribution in [1.82, 2.24) is 0 Å². The van der Waals surface area contributed by atoms with Crippen LogP contribution in [0.25, 0.3) is 0 Å². The van der Waals surface area contributed by atoms with E-state index >= 15 is 0 Å². The highest BCUT2D eigenvalue weighted by atomic mass is 35.5. The van der Waals surface area contributed by atoms with E-state index in [9.17, 15) is 9.18 Å². The molecular formula is C18H23Cl2FO2. The monoisotopic (exact) mass is 360 g/mol. The van der Waals surface area contributed by atoms with E-state index < -0.39 is 17.2 Å². The van der Waals surface area contributed by atoms with Gasteiger partial charge >= 0.3 is 0 Å². The Hall–Kier alpha value is -0.800. The second-order valence-electron chi connectivity index (χ2n) is 6.48. The number of carbonyl (C=O) groups is 1. The summed E-state index contributed by atoms with van der Waals surface area (Å²) in [5, 5.41) is 1.00. The zero-order chi connectivity index (χ0) is 17.2. The molecule has 2 nitrogen and oxygen atoms in total. The third-order valence-corrected chi connectivity index (χ3v) is 5.55. The standard InChI is InChI=1S/C18H23Cl2FO2/c1-4-5-7-18(8-6-11(2)19)10-13-12(17(18)22)9-14(21)16(23-3)15(13)20/h6,9,12-13H,4-5,7-8,10H2,1-3H3/b11-6-. The number of carbonyl (C=O) groups excluding carboxylic acids is 1. The summed E-state index contributed by atoms with van der Waals surface area (Å²) >= 11 is 12.3. The van der Waals surface area contributed by atoms with Gasteiger partial charge in [-0.3, -0.25) is 4.79 Å². The van der Waals surface area contributed by atoms with Gasteiger partial charge in [-0.25, -0.2) is 4.39 Å². The molecule has 2 aliphatic rings. The number of rotatable bonds is 6. The van der Waals surface area contributed by atoms with E-state index in [0.717, 1.165) is 19.3 Å². The first-order chi connectivity index (χ1) is 10.9. The van der Waals surface area contributed by atoms with Gasteiger partial charge in [-0.15, -0.1) is 0 Å². The average molecular weight is 361 g/mol. The van der Waals surface area contributed by atoms with E-state index in [2.05, 4.69) is 6.92 Å². The summed E-state index contributed by atoms with van der Waals surface area (Å²) in [5.74, 6) is -1.09. The Labute approximate surface area is 147 Å². The predicted octanol–water partition coefficient (Wildman–Crippen LogP) is 5.86. The van der Waals surface area contributed by atoms with Gasteiger partial charge in [-0.05, 0) is 32.3 Å². The molecule has 5 heteroatoms. The molecule has 0 amide bonds. The van der Waals surface area contributed by atoms with Crippen molar-refractivity contribution < 1.29 is 13.9 Å². The van der Waals surface area contributed by atoms with Crippen LogP contribution in [0.5, 0.6) is 0 Å². The number of methoxy groups -OCH3 is 1. The molecule has 0 bridgehead atoms. The lowest BCUT2D eigenvalue weighted by atomic mass is 9.76. The van der Waals surface area contributed by atoms with E-state index in [1.165, 1.54) is 13.2 Å². The van der Waals surface area contributed by atoms with Gasteiger partial charge in [-0.1, -0.05) is 49.0 Å². The summed E-state index contributed by atoms with van der Waals surface area (Å²) in [6, 6.07) is 0. The summed E-state index contributed by atoms with van der Waals surface area (Å²) < 4.78 is 19.2. The van der Waals surface area contributed by atoms with Crippen molar-refractivity contribution in [2.45, 2.75) is 46.0 Å². The van der Waals surface area contributed by atoms with Gasteiger partial charge in [0.25, 0.3) is 0 Å². The van der Waals surface area contributed by atoms with E-state index in [1.807, 2.05) is 6.08 Å². The molecule has 3 unspecified atom stereocenters. The number of halogens is 3. The molecule has 1 fully saturated rings. The summed E-state index contributed by atoms with van der Waals surface area (Å²) in [4.78, 5) is 13.1. The largest absolute Gasteiger partial charge is 0.492 e. The van der Waals surface area contributed by atoms with Gasteiger partial charge in [0, 0.05) is 22.3 Å². The molecule has 0 aromatic heterocycles. The lowest BCUT2D eigenvalue weighted by Gasteiger charge is -2.26. The Kier molecular flexibility index (Phi) is 5.96. The van der Waals surface area contributed by atoms with Crippen molar-refractivity contribution in [1.29, 1.82) is 0 Å². The second kappa shape index (κ2) is 7.40. The van der Waals surface area contributed by atoms with Gasteiger partial charge in [0.2, 0.25) is 0 Å². The first kappa shape index (κ1) is 18.5. The van der Waals surface area contributed by atoms with Crippen LogP contribution in [0.3, 0.4) is 0 Å². The number of ketones is 1.